The van der Waals surface area contributed by atoms with Gasteiger partial charge in [0.1, 0.15) is 6.04 Å². The first-order valence-corrected chi connectivity index (χ1v) is 9.44. The van der Waals surface area contributed by atoms with Crippen LogP contribution in [0.25, 0.3) is 0 Å². The first-order valence-electron chi connectivity index (χ1n) is 9.44. The van der Waals surface area contributed by atoms with Gasteiger partial charge in [0, 0.05) is 30.4 Å². The van der Waals surface area contributed by atoms with Crippen molar-refractivity contribution >= 4 is 5.91 Å². The Labute approximate surface area is 168 Å². The zero-order valence-corrected chi connectivity index (χ0v) is 16.3. The minimum Gasteiger partial charge on any atom is -0.354 e. The second-order valence-electron chi connectivity index (χ2n) is 7.38. The van der Waals surface area contributed by atoms with Crippen molar-refractivity contribution in [2.24, 2.45) is 0 Å². The molecule has 2 aromatic rings. The van der Waals surface area contributed by atoms with E-state index in [4.69, 9.17) is 0 Å². The second kappa shape index (κ2) is 7.95. The molecule has 1 unspecified atom stereocenters. The largest absolute Gasteiger partial charge is 0.435 e. The van der Waals surface area contributed by atoms with E-state index < -0.39 is 35.7 Å². The number of carbonyl (C=O) groups excluding carboxylic acids is 1. The molecule has 3 rings (SSSR count). The number of hydrogen-bond acceptors (Lipinski definition) is 3. The lowest BCUT2D eigenvalue weighted by atomic mass is 10.2. The maximum Gasteiger partial charge on any atom is 0.435 e. The fraction of sp³-hybridized carbons (Fsp3) is 0.611. The lowest BCUT2D eigenvalue weighted by molar-refractivity contribution is -0.142. The first kappa shape index (κ1) is 22.2. The van der Waals surface area contributed by atoms with E-state index in [9.17, 15) is 31.1 Å². The molecule has 1 fully saturated rings. The van der Waals surface area contributed by atoms with E-state index >= 15 is 0 Å². The van der Waals surface area contributed by atoms with Crippen LogP contribution in [0.15, 0.2) is 12.1 Å². The Kier molecular flexibility index (Phi) is 5.87. The van der Waals surface area contributed by atoms with Crippen molar-refractivity contribution in [1.82, 2.24) is 24.9 Å². The average Bonchev–Trinajstić information content (AvgIpc) is 3.25. The molecule has 1 amide bonds. The Morgan fingerprint density at radius 3 is 2.27 bits per heavy atom. The summed E-state index contributed by atoms with van der Waals surface area (Å²) >= 11 is 0. The Morgan fingerprint density at radius 2 is 1.73 bits per heavy atom. The maximum atomic E-state index is 12.9. The maximum absolute atomic E-state index is 12.9. The topological polar surface area (TPSA) is 64.7 Å². The number of aryl methyl sites for hydroxylation is 2. The van der Waals surface area contributed by atoms with E-state index in [2.05, 4.69) is 15.5 Å². The number of alkyl halides is 6. The molecule has 0 radical (unpaired) electrons. The summed E-state index contributed by atoms with van der Waals surface area (Å²) in [6.07, 6.45) is -7.16. The van der Waals surface area contributed by atoms with Crippen LogP contribution in [0.5, 0.6) is 0 Å². The molecule has 1 saturated carbocycles. The van der Waals surface area contributed by atoms with Crippen molar-refractivity contribution in [1.29, 1.82) is 0 Å². The molecular formula is C18H21F6N5O. The summed E-state index contributed by atoms with van der Waals surface area (Å²) in [6, 6.07) is 0.959. The zero-order valence-electron chi connectivity index (χ0n) is 16.3. The molecule has 1 aliphatic carbocycles. The standard InChI is InChI=1S/C18H21F6N5O/c1-10-8-14(17(19,20)21)27-29(10)11(2)16(30)25-6-3-7-28-13(12-4-5-12)9-15(26-28)18(22,23)24/h8-9,11-12H,3-7H2,1-2H3,(H,25,30). The Morgan fingerprint density at radius 1 is 1.13 bits per heavy atom. The van der Waals surface area contributed by atoms with E-state index in [0.717, 1.165) is 29.7 Å². The molecule has 0 saturated heterocycles. The number of rotatable bonds is 7. The minimum atomic E-state index is -4.61. The zero-order chi connectivity index (χ0) is 22.3. The van der Waals surface area contributed by atoms with Crippen molar-refractivity contribution in [3.8, 4) is 0 Å². The van der Waals surface area contributed by atoms with Gasteiger partial charge in [-0.15, -0.1) is 0 Å². The van der Waals surface area contributed by atoms with Gasteiger partial charge < -0.3 is 5.32 Å². The predicted molar refractivity (Wildman–Crippen MR) is 93.5 cm³/mol. The second-order valence-corrected chi connectivity index (χ2v) is 7.38. The summed E-state index contributed by atoms with van der Waals surface area (Å²) in [6.45, 7) is 3.17. The van der Waals surface area contributed by atoms with Crippen LogP contribution in [0.1, 0.15) is 60.9 Å². The summed E-state index contributed by atoms with van der Waals surface area (Å²) < 4.78 is 79.3. The molecule has 1 N–H and O–H groups in total. The number of nitrogens with one attached hydrogen (secondary N) is 1. The monoisotopic (exact) mass is 437 g/mol. The van der Waals surface area contributed by atoms with Crippen molar-refractivity contribution in [2.45, 2.75) is 64.0 Å². The van der Waals surface area contributed by atoms with Gasteiger partial charge >= 0.3 is 12.4 Å². The highest BCUT2D eigenvalue weighted by atomic mass is 19.4. The van der Waals surface area contributed by atoms with Crippen molar-refractivity contribution in [3.63, 3.8) is 0 Å². The molecule has 0 aliphatic heterocycles. The van der Waals surface area contributed by atoms with Crippen LogP contribution < -0.4 is 5.32 Å². The third-order valence-corrected chi connectivity index (χ3v) is 4.90. The van der Waals surface area contributed by atoms with Crippen molar-refractivity contribution in [3.05, 3.63) is 34.9 Å². The summed E-state index contributed by atoms with van der Waals surface area (Å²) in [5.41, 5.74) is -1.28. The molecule has 6 nitrogen and oxygen atoms in total. The van der Waals surface area contributed by atoms with Gasteiger partial charge in [-0.1, -0.05) is 0 Å². The average molecular weight is 437 g/mol. The SMILES string of the molecule is Cc1cc(C(F)(F)F)nn1C(C)C(=O)NCCCn1nc(C(F)(F)F)cc1C1CC1. The molecule has 0 bridgehead atoms. The molecule has 1 atom stereocenters. The van der Waals surface area contributed by atoms with Crippen LogP contribution in [0.3, 0.4) is 0 Å². The number of aromatic nitrogens is 4. The van der Waals surface area contributed by atoms with Crippen molar-refractivity contribution < 1.29 is 31.1 Å². The molecule has 0 aromatic carbocycles. The highest BCUT2D eigenvalue weighted by Crippen LogP contribution is 2.42. The number of hydrogen-bond donors (Lipinski definition) is 1. The van der Waals surface area contributed by atoms with Crippen LogP contribution in [0, 0.1) is 6.92 Å². The van der Waals surface area contributed by atoms with Gasteiger partial charge in [-0.3, -0.25) is 14.2 Å². The third kappa shape index (κ3) is 4.96. The highest BCUT2D eigenvalue weighted by molar-refractivity contribution is 5.79. The summed E-state index contributed by atoms with van der Waals surface area (Å²) in [5, 5.41) is 9.67. The van der Waals surface area contributed by atoms with Crippen LogP contribution in [-0.2, 0) is 23.7 Å². The highest BCUT2D eigenvalue weighted by Gasteiger charge is 2.38. The van der Waals surface area contributed by atoms with Gasteiger partial charge in [-0.05, 0) is 45.2 Å². The minimum absolute atomic E-state index is 0.0776. The van der Waals surface area contributed by atoms with E-state index in [1.807, 2.05) is 0 Å². The van der Waals surface area contributed by atoms with Gasteiger partial charge in [0.05, 0.1) is 0 Å². The number of nitrogens with zero attached hydrogens (tertiary/aromatic N) is 4. The number of amides is 1. The van der Waals surface area contributed by atoms with Crippen LogP contribution in [0.2, 0.25) is 0 Å². The lowest BCUT2D eigenvalue weighted by Crippen LogP contribution is -2.33. The molecule has 12 heteroatoms. The van der Waals surface area contributed by atoms with Crippen LogP contribution in [0.4, 0.5) is 26.3 Å². The number of carbonyl (C=O) groups is 1. The first-order chi connectivity index (χ1) is 13.9. The van der Waals surface area contributed by atoms with Gasteiger partial charge in [-0.25, -0.2) is 0 Å². The predicted octanol–water partition coefficient (Wildman–Crippen LogP) is 4.07. The lowest BCUT2D eigenvalue weighted by Gasteiger charge is -2.15. The molecular weight excluding hydrogens is 416 g/mol. The van der Waals surface area contributed by atoms with Crippen molar-refractivity contribution in [2.75, 3.05) is 6.54 Å². The van der Waals surface area contributed by atoms with Crippen LogP contribution in [-0.4, -0.2) is 32.0 Å². The summed E-state index contributed by atoms with van der Waals surface area (Å²) in [7, 11) is 0. The van der Waals surface area contributed by atoms with E-state index in [-0.39, 0.29) is 24.7 Å². The third-order valence-electron chi connectivity index (χ3n) is 4.90. The Balaban J connectivity index is 1.55. The molecule has 2 aromatic heterocycles. The Bertz CT molecular complexity index is 909. The van der Waals surface area contributed by atoms with E-state index in [0.29, 0.717) is 12.1 Å². The number of halogens is 6. The van der Waals surface area contributed by atoms with Gasteiger partial charge in [0.25, 0.3) is 0 Å². The van der Waals surface area contributed by atoms with Gasteiger partial charge in [0.15, 0.2) is 11.4 Å². The quantitative estimate of drug-likeness (QED) is 0.525. The van der Waals surface area contributed by atoms with E-state index in [1.165, 1.54) is 18.5 Å². The smallest absolute Gasteiger partial charge is 0.354 e. The molecule has 1 aliphatic rings. The summed E-state index contributed by atoms with van der Waals surface area (Å²) in [5.74, 6) is -0.456. The van der Waals surface area contributed by atoms with Crippen LogP contribution >= 0.6 is 0 Å². The fourth-order valence-electron chi connectivity index (χ4n) is 3.17. The van der Waals surface area contributed by atoms with E-state index in [1.54, 1.807) is 0 Å². The molecule has 2 heterocycles. The van der Waals surface area contributed by atoms with Gasteiger partial charge in [0.2, 0.25) is 5.91 Å². The summed E-state index contributed by atoms with van der Waals surface area (Å²) in [4.78, 5) is 12.3. The van der Waals surface area contributed by atoms with Gasteiger partial charge in [-0.2, -0.15) is 36.5 Å². The normalized spacial score (nSPS) is 16.0. The molecule has 0 spiro atoms. The molecule has 30 heavy (non-hydrogen) atoms. The fourth-order valence-corrected chi connectivity index (χ4v) is 3.17. The Hall–Kier alpha value is -2.53. The molecule has 166 valence electrons.